The van der Waals surface area contributed by atoms with E-state index in [2.05, 4.69) is 18.8 Å². The molecule has 0 saturated carbocycles. The summed E-state index contributed by atoms with van der Waals surface area (Å²) in [5.74, 6) is -0.342. The lowest BCUT2D eigenvalue weighted by atomic mass is 9.97. The van der Waals surface area contributed by atoms with Crippen LogP contribution in [0.15, 0.2) is 24.4 Å². The van der Waals surface area contributed by atoms with Gasteiger partial charge in [-0.1, -0.05) is 0 Å². The minimum Gasteiger partial charge on any atom is -0.486 e. The third-order valence-electron chi connectivity index (χ3n) is 3.43. The fourth-order valence-corrected chi connectivity index (χ4v) is 2.58. The Balaban J connectivity index is 2.05. The third-order valence-corrected chi connectivity index (χ3v) is 3.43. The number of hydrogen-bond acceptors (Lipinski definition) is 4. The van der Waals surface area contributed by atoms with Gasteiger partial charge >= 0.3 is 5.97 Å². The van der Waals surface area contributed by atoms with Crippen LogP contribution < -0.4 is 4.74 Å². The van der Waals surface area contributed by atoms with E-state index in [1.807, 2.05) is 13.8 Å². The van der Waals surface area contributed by atoms with Crippen LogP contribution in [0, 0.1) is 0 Å². The molecule has 0 radical (unpaired) electrons. The molecule has 1 aromatic heterocycles. The molecule has 114 valence electrons. The van der Waals surface area contributed by atoms with Crippen molar-refractivity contribution in [2.45, 2.75) is 51.4 Å². The zero-order valence-electron chi connectivity index (χ0n) is 12.8. The highest BCUT2D eigenvalue weighted by molar-refractivity contribution is 5.84. The zero-order chi connectivity index (χ0) is 15.7. The SMILES string of the molecule is CC1(C)CC(Oc2ccc(/C=C/C(=O)O)nc2)C(C)(C)O1. The number of nitrogens with zero attached hydrogens (tertiary/aromatic N) is 1. The van der Waals surface area contributed by atoms with Crippen LogP contribution in [-0.4, -0.2) is 33.4 Å². The number of ether oxygens (including phenoxy) is 2. The monoisotopic (exact) mass is 291 g/mol. The van der Waals surface area contributed by atoms with Crippen LogP contribution in [0.3, 0.4) is 0 Å². The van der Waals surface area contributed by atoms with E-state index in [1.165, 1.54) is 6.08 Å². The quantitative estimate of drug-likeness (QED) is 0.864. The van der Waals surface area contributed by atoms with Crippen molar-refractivity contribution in [3.63, 3.8) is 0 Å². The van der Waals surface area contributed by atoms with Crippen molar-refractivity contribution < 1.29 is 19.4 Å². The van der Waals surface area contributed by atoms with E-state index in [0.717, 1.165) is 12.5 Å². The Bertz CT molecular complexity index is 546. The lowest BCUT2D eigenvalue weighted by molar-refractivity contribution is -0.131. The molecule has 1 aliphatic heterocycles. The Morgan fingerprint density at radius 2 is 2.14 bits per heavy atom. The van der Waals surface area contributed by atoms with Gasteiger partial charge in [-0.3, -0.25) is 4.98 Å². The maximum absolute atomic E-state index is 10.4. The summed E-state index contributed by atoms with van der Waals surface area (Å²) < 4.78 is 12.0. The fourth-order valence-electron chi connectivity index (χ4n) is 2.58. The van der Waals surface area contributed by atoms with E-state index in [1.54, 1.807) is 18.3 Å². The summed E-state index contributed by atoms with van der Waals surface area (Å²) in [6, 6.07) is 3.51. The van der Waals surface area contributed by atoms with Crippen molar-refractivity contribution in [2.75, 3.05) is 0 Å². The molecule has 5 heteroatoms. The van der Waals surface area contributed by atoms with E-state index in [-0.39, 0.29) is 17.3 Å². The predicted molar refractivity (Wildman–Crippen MR) is 79.2 cm³/mol. The molecule has 1 fully saturated rings. The number of carboxylic acid groups (broad SMARTS) is 1. The highest BCUT2D eigenvalue weighted by atomic mass is 16.6. The molecule has 0 aromatic carbocycles. The van der Waals surface area contributed by atoms with Gasteiger partial charge in [0, 0.05) is 12.5 Å². The van der Waals surface area contributed by atoms with Crippen LogP contribution >= 0.6 is 0 Å². The van der Waals surface area contributed by atoms with Gasteiger partial charge in [-0.05, 0) is 45.9 Å². The van der Waals surface area contributed by atoms with Crippen molar-refractivity contribution in [2.24, 2.45) is 0 Å². The number of hydrogen-bond donors (Lipinski definition) is 1. The fraction of sp³-hybridized carbons (Fsp3) is 0.500. The molecule has 1 aromatic rings. The molecule has 1 N–H and O–H groups in total. The first kappa shape index (κ1) is 15.5. The van der Waals surface area contributed by atoms with E-state index in [4.69, 9.17) is 14.6 Å². The summed E-state index contributed by atoms with van der Waals surface area (Å²) in [4.78, 5) is 14.6. The maximum Gasteiger partial charge on any atom is 0.328 e. The molecule has 1 aliphatic rings. The van der Waals surface area contributed by atoms with E-state index in [0.29, 0.717) is 11.4 Å². The van der Waals surface area contributed by atoms with E-state index >= 15 is 0 Å². The van der Waals surface area contributed by atoms with Crippen LogP contribution in [0.5, 0.6) is 5.75 Å². The first-order chi connectivity index (χ1) is 9.68. The van der Waals surface area contributed by atoms with Crippen molar-refractivity contribution in [1.29, 1.82) is 0 Å². The molecule has 1 saturated heterocycles. The number of pyridine rings is 1. The van der Waals surface area contributed by atoms with Crippen LogP contribution in [0.4, 0.5) is 0 Å². The topological polar surface area (TPSA) is 68.7 Å². The number of carboxylic acids is 1. The highest BCUT2D eigenvalue weighted by Crippen LogP contribution is 2.39. The Hall–Kier alpha value is -1.88. The summed E-state index contributed by atoms with van der Waals surface area (Å²) in [7, 11) is 0. The highest BCUT2D eigenvalue weighted by Gasteiger charge is 2.47. The number of rotatable bonds is 4. The van der Waals surface area contributed by atoms with Crippen molar-refractivity contribution in [3.8, 4) is 5.75 Å². The lowest BCUT2D eigenvalue weighted by Crippen LogP contribution is -2.36. The largest absolute Gasteiger partial charge is 0.486 e. The van der Waals surface area contributed by atoms with Gasteiger partial charge in [-0.2, -0.15) is 0 Å². The van der Waals surface area contributed by atoms with Gasteiger partial charge in [0.2, 0.25) is 0 Å². The number of aliphatic carboxylic acids is 1. The van der Waals surface area contributed by atoms with Crippen molar-refractivity contribution in [1.82, 2.24) is 4.98 Å². The number of aromatic nitrogens is 1. The first-order valence-electron chi connectivity index (χ1n) is 6.92. The van der Waals surface area contributed by atoms with Gasteiger partial charge in [-0.15, -0.1) is 0 Å². The molecule has 0 amide bonds. The van der Waals surface area contributed by atoms with Gasteiger partial charge in [0.25, 0.3) is 0 Å². The summed E-state index contributed by atoms with van der Waals surface area (Å²) >= 11 is 0. The molecule has 1 unspecified atom stereocenters. The molecular formula is C16H21NO4. The summed E-state index contributed by atoms with van der Waals surface area (Å²) in [6.07, 6.45) is 4.86. The molecular weight excluding hydrogens is 270 g/mol. The summed E-state index contributed by atoms with van der Waals surface area (Å²) in [5, 5.41) is 8.57. The molecule has 1 atom stereocenters. The average Bonchev–Trinajstić information content (AvgIpc) is 2.56. The lowest BCUT2D eigenvalue weighted by Gasteiger charge is -2.27. The molecule has 0 aliphatic carbocycles. The summed E-state index contributed by atoms with van der Waals surface area (Å²) in [5.41, 5.74) is 0.0175. The predicted octanol–water partition coefficient (Wildman–Crippen LogP) is 2.90. The van der Waals surface area contributed by atoms with Crippen molar-refractivity contribution in [3.05, 3.63) is 30.1 Å². The average molecular weight is 291 g/mol. The van der Waals surface area contributed by atoms with Crippen molar-refractivity contribution >= 4 is 12.0 Å². The minimum absolute atomic E-state index is 0.0466. The second-order valence-corrected chi connectivity index (χ2v) is 6.37. The van der Waals surface area contributed by atoms with Crippen LogP contribution in [0.25, 0.3) is 6.08 Å². The Morgan fingerprint density at radius 3 is 2.62 bits per heavy atom. The Labute approximate surface area is 124 Å². The second-order valence-electron chi connectivity index (χ2n) is 6.37. The summed E-state index contributed by atoms with van der Waals surface area (Å²) in [6.45, 7) is 8.14. The maximum atomic E-state index is 10.4. The zero-order valence-corrected chi connectivity index (χ0v) is 12.8. The van der Waals surface area contributed by atoms with Gasteiger partial charge < -0.3 is 14.6 Å². The van der Waals surface area contributed by atoms with Gasteiger partial charge in [-0.25, -0.2) is 4.79 Å². The third kappa shape index (κ3) is 4.04. The van der Waals surface area contributed by atoms with Crippen LogP contribution in [0.1, 0.15) is 39.8 Å². The van der Waals surface area contributed by atoms with E-state index in [9.17, 15) is 4.79 Å². The second kappa shape index (κ2) is 5.48. The Kier molecular flexibility index (Phi) is 4.05. The standard InChI is InChI=1S/C16H21NO4/c1-15(2)9-13(16(3,4)21-15)20-12-7-5-11(17-10-12)6-8-14(18)19/h5-8,10,13H,9H2,1-4H3,(H,18,19)/b8-6+. The first-order valence-corrected chi connectivity index (χ1v) is 6.92. The van der Waals surface area contributed by atoms with Gasteiger partial charge in [0.1, 0.15) is 17.5 Å². The van der Waals surface area contributed by atoms with Crippen LogP contribution in [-0.2, 0) is 9.53 Å². The number of carbonyl (C=O) groups is 1. The molecule has 2 rings (SSSR count). The van der Waals surface area contributed by atoms with Gasteiger partial charge in [0.15, 0.2) is 0 Å². The van der Waals surface area contributed by atoms with E-state index < -0.39 is 5.97 Å². The normalized spacial score (nSPS) is 23.3. The Morgan fingerprint density at radius 1 is 1.43 bits per heavy atom. The van der Waals surface area contributed by atoms with Gasteiger partial charge in [0.05, 0.1) is 17.5 Å². The molecule has 2 heterocycles. The molecule has 0 spiro atoms. The molecule has 0 bridgehead atoms. The van der Waals surface area contributed by atoms with Crippen LogP contribution in [0.2, 0.25) is 0 Å². The molecule has 21 heavy (non-hydrogen) atoms. The smallest absolute Gasteiger partial charge is 0.328 e. The minimum atomic E-state index is -0.996. The molecule has 5 nitrogen and oxygen atoms in total.